The maximum Gasteiger partial charge on any atom is 0.109 e. The van der Waals surface area contributed by atoms with Gasteiger partial charge in [-0.25, -0.2) is 0 Å². The van der Waals surface area contributed by atoms with E-state index in [0.717, 1.165) is 13.2 Å². The highest BCUT2D eigenvalue weighted by Crippen LogP contribution is 1.99. The number of nitrogens with one attached hydrogen (secondary N) is 2. The fourth-order valence-electron chi connectivity index (χ4n) is 0.789. The molecule has 1 aliphatic rings. The first kappa shape index (κ1) is 6.01. The van der Waals surface area contributed by atoms with Crippen molar-refractivity contribution in [3.63, 3.8) is 0 Å². The summed E-state index contributed by atoms with van der Waals surface area (Å²) in [5, 5.41) is 15.0. The summed E-state index contributed by atoms with van der Waals surface area (Å²) in [7, 11) is 0. The van der Waals surface area contributed by atoms with Crippen LogP contribution in [-0.4, -0.2) is 24.5 Å². The van der Waals surface area contributed by atoms with Crippen LogP contribution in [-0.2, 0) is 0 Å². The van der Waals surface area contributed by atoms with Crippen LogP contribution in [0, 0.1) is 5.92 Å². The van der Waals surface area contributed by atoms with Crippen LogP contribution in [0.1, 0.15) is 6.92 Å². The molecular formula is C5H12N2O. The number of hydrogen-bond acceptors (Lipinski definition) is 3. The van der Waals surface area contributed by atoms with E-state index in [-0.39, 0.29) is 6.23 Å². The maximum absolute atomic E-state index is 9.03. The Bertz CT molecular complexity index is 66.8. The minimum atomic E-state index is -0.309. The molecule has 2 unspecified atom stereocenters. The summed E-state index contributed by atoms with van der Waals surface area (Å²) >= 11 is 0. The monoisotopic (exact) mass is 116 g/mol. The van der Waals surface area contributed by atoms with E-state index >= 15 is 0 Å². The molecule has 0 amide bonds. The number of aliphatic hydroxyl groups is 1. The maximum atomic E-state index is 9.03. The van der Waals surface area contributed by atoms with Gasteiger partial charge in [-0.1, -0.05) is 6.92 Å². The zero-order valence-corrected chi connectivity index (χ0v) is 5.02. The molecular weight excluding hydrogens is 104 g/mol. The van der Waals surface area contributed by atoms with Crippen LogP contribution in [0.2, 0.25) is 0 Å². The zero-order chi connectivity index (χ0) is 5.98. The van der Waals surface area contributed by atoms with Crippen LogP contribution in [0.4, 0.5) is 0 Å². The van der Waals surface area contributed by atoms with Gasteiger partial charge in [0.1, 0.15) is 6.23 Å². The van der Waals surface area contributed by atoms with Crippen LogP contribution < -0.4 is 10.6 Å². The van der Waals surface area contributed by atoms with Crippen LogP contribution in [0.3, 0.4) is 0 Å². The minimum absolute atomic E-state index is 0.309. The van der Waals surface area contributed by atoms with E-state index in [0.29, 0.717) is 5.92 Å². The van der Waals surface area contributed by atoms with Crippen molar-refractivity contribution in [2.45, 2.75) is 13.2 Å². The number of hydrogen-bond donors (Lipinski definition) is 3. The molecule has 0 aliphatic carbocycles. The van der Waals surface area contributed by atoms with Crippen molar-refractivity contribution in [1.82, 2.24) is 10.6 Å². The molecule has 3 nitrogen and oxygen atoms in total. The first-order valence-electron chi connectivity index (χ1n) is 2.93. The summed E-state index contributed by atoms with van der Waals surface area (Å²) in [6.45, 7) is 3.64. The van der Waals surface area contributed by atoms with Gasteiger partial charge in [-0.2, -0.15) is 0 Å². The quantitative estimate of drug-likeness (QED) is 0.384. The third-order valence-electron chi connectivity index (χ3n) is 1.44. The van der Waals surface area contributed by atoms with Crippen molar-refractivity contribution in [3.05, 3.63) is 0 Å². The van der Waals surface area contributed by atoms with Gasteiger partial charge >= 0.3 is 0 Å². The lowest BCUT2D eigenvalue weighted by atomic mass is 10.1. The molecule has 3 N–H and O–H groups in total. The molecule has 0 saturated carbocycles. The molecule has 48 valence electrons. The predicted octanol–water partition coefficient (Wildman–Crippen LogP) is -0.909. The van der Waals surface area contributed by atoms with Crippen LogP contribution in [0.25, 0.3) is 0 Å². The molecule has 3 heteroatoms. The highest BCUT2D eigenvalue weighted by Gasteiger charge is 2.15. The Kier molecular flexibility index (Phi) is 1.83. The molecule has 0 aromatic rings. The summed E-state index contributed by atoms with van der Waals surface area (Å²) in [4.78, 5) is 0. The van der Waals surface area contributed by atoms with Crippen molar-refractivity contribution in [3.8, 4) is 0 Å². The van der Waals surface area contributed by atoms with Gasteiger partial charge < -0.3 is 10.4 Å². The largest absolute Gasteiger partial charge is 0.378 e. The third-order valence-corrected chi connectivity index (χ3v) is 1.44. The van der Waals surface area contributed by atoms with Gasteiger partial charge in [0.25, 0.3) is 0 Å². The first-order valence-corrected chi connectivity index (χ1v) is 2.93. The van der Waals surface area contributed by atoms with Crippen molar-refractivity contribution >= 4 is 0 Å². The minimum Gasteiger partial charge on any atom is -0.378 e. The van der Waals surface area contributed by atoms with E-state index < -0.39 is 0 Å². The van der Waals surface area contributed by atoms with Crippen LogP contribution in [0.5, 0.6) is 0 Å². The van der Waals surface area contributed by atoms with Crippen molar-refractivity contribution < 1.29 is 5.11 Å². The average Bonchev–Trinajstić information content (AvgIpc) is 1.77. The molecule has 8 heavy (non-hydrogen) atoms. The highest BCUT2D eigenvalue weighted by molar-refractivity contribution is 4.68. The van der Waals surface area contributed by atoms with Crippen LogP contribution >= 0.6 is 0 Å². The summed E-state index contributed by atoms with van der Waals surface area (Å²) in [5.41, 5.74) is 0. The zero-order valence-electron chi connectivity index (χ0n) is 5.02. The molecule has 0 aromatic carbocycles. The Morgan fingerprint density at radius 1 is 1.62 bits per heavy atom. The lowest BCUT2D eigenvalue weighted by molar-refractivity contribution is 0.0596. The van der Waals surface area contributed by atoms with Gasteiger partial charge in [-0.05, 0) is 0 Å². The Hall–Kier alpha value is -0.120. The van der Waals surface area contributed by atoms with E-state index in [1.54, 1.807) is 0 Å². The van der Waals surface area contributed by atoms with Crippen molar-refractivity contribution in [1.29, 1.82) is 0 Å². The number of rotatable bonds is 0. The van der Waals surface area contributed by atoms with Gasteiger partial charge in [-0.3, -0.25) is 5.32 Å². The molecule has 0 radical (unpaired) electrons. The summed E-state index contributed by atoms with van der Waals surface area (Å²) in [6, 6.07) is 0. The lowest BCUT2D eigenvalue weighted by Gasteiger charge is -2.25. The molecule has 1 rings (SSSR count). The van der Waals surface area contributed by atoms with Crippen molar-refractivity contribution in [2.75, 3.05) is 13.2 Å². The third kappa shape index (κ3) is 1.18. The Morgan fingerprint density at radius 3 is 2.75 bits per heavy atom. The summed E-state index contributed by atoms with van der Waals surface area (Å²) in [5.74, 6) is 0.337. The highest BCUT2D eigenvalue weighted by atomic mass is 16.3. The van der Waals surface area contributed by atoms with Gasteiger partial charge in [0.2, 0.25) is 0 Å². The van der Waals surface area contributed by atoms with Gasteiger partial charge in [-0.15, -0.1) is 0 Å². The smallest absolute Gasteiger partial charge is 0.109 e. The van der Waals surface area contributed by atoms with E-state index in [4.69, 9.17) is 5.11 Å². The second-order valence-electron chi connectivity index (χ2n) is 2.26. The molecule has 1 heterocycles. The average molecular weight is 116 g/mol. The molecule has 1 fully saturated rings. The van der Waals surface area contributed by atoms with Crippen molar-refractivity contribution in [2.24, 2.45) is 5.92 Å². The molecule has 0 aromatic heterocycles. The number of aliphatic hydroxyl groups excluding tert-OH is 1. The first-order chi connectivity index (χ1) is 3.80. The van der Waals surface area contributed by atoms with E-state index in [9.17, 15) is 0 Å². The van der Waals surface area contributed by atoms with E-state index in [1.807, 2.05) is 6.92 Å². The summed E-state index contributed by atoms with van der Waals surface area (Å²) in [6.07, 6.45) is -0.309. The second kappa shape index (κ2) is 2.44. The van der Waals surface area contributed by atoms with Gasteiger partial charge in [0.05, 0.1) is 0 Å². The lowest BCUT2D eigenvalue weighted by Crippen LogP contribution is -2.50. The molecule has 1 saturated heterocycles. The standard InChI is InChI=1S/C5H12N2O/c1-4-2-6-3-7-5(4)8/h4-8H,2-3H2,1H3. The van der Waals surface area contributed by atoms with Gasteiger partial charge in [0, 0.05) is 19.1 Å². The molecule has 0 bridgehead atoms. The Labute approximate surface area is 49.1 Å². The summed E-state index contributed by atoms with van der Waals surface area (Å²) < 4.78 is 0. The predicted molar refractivity (Wildman–Crippen MR) is 31.2 cm³/mol. The Morgan fingerprint density at radius 2 is 2.38 bits per heavy atom. The van der Waals surface area contributed by atoms with E-state index in [1.165, 1.54) is 0 Å². The fourth-order valence-corrected chi connectivity index (χ4v) is 0.789. The normalized spacial score (nSPS) is 39.8. The molecule has 2 atom stereocenters. The SMILES string of the molecule is CC1CNCNC1O. The molecule has 1 aliphatic heterocycles. The molecule has 0 spiro atoms. The topological polar surface area (TPSA) is 44.3 Å². The van der Waals surface area contributed by atoms with Crippen LogP contribution in [0.15, 0.2) is 0 Å². The fraction of sp³-hybridized carbons (Fsp3) is 1.00. The van der Waals surface area contributed by atoms with Gasteiger partial charge in [0.15, 0.2) is 0 Å². The second-order valence-corrected chi connectivity index (χ2v) is 2.26. The van der Waals surface area contributed by atoms with E-state index in [2.05, 4.69) is 10.6 Å². The Balaban J connectivity index is 2.28.